The summed E-state index contributed by atoms with van der Waals surface area (Å²) < 4.78 is 0. The maximum Gasteiger partial charge on any atom is 0.241 e. The Morgan fingerprint density at radius 2 is 2.06 bits per heavy atom. The molecule has 2 aliphatic rings. The third-order valence-corrected chi connectivity index (χ3v) is 4.20. The summed E-state index contributed by atoms with van der Waals surface area (Å²) in [5.74, 6) is 0.125. The molecule has 0 aromatic carbocycles. The van der Waals surface area contributed by atoms with Crippen LogP contribution in [-0.2, 0) is 4.79 Å². The summed E-state index contributed by atoms with van der Waals surface area (Å²) in [7, 11) is 0. The second kappa shape index (κ2) is 5.27. The molecule has 1 saturated heterocycles. The van der Waals surface area contributed by atoms with Crippen molar-refractivity contribution in [3.63, 3.8) is 0 Å². The molecule has 1 saturated carbocycles. The maximum absolute atomic E-state index is 12.5. The van der Waals surface area contributed by atoms with Crippen LogP contribution in [0.15, 0.2) is 0 Å². The van der Waals surface area contributed by atoms with Crippen LogP contribution in [0.3, 0.4) is 0 Å². The fraction of sp³-hybridized carbons (Fsp3) is 0.857. The Morgan fingerprint density at radius 1 is 1.39 bits per heavy atom. The van der Waals surface area contributed by atoms with Crippen molar-refractivity contribution in [2.24, 2.45) is 0 Å². The molecule has 0 bridgehead atoms. The molecule has 1 heterocycles. The van der Waals surface area contributed by atoms with E-state index in [4.69, 9.17) is 5.26 Å². The minimum Gasteiger partial charge on any atom is -0.332 e. The van der Waals surface area contributed by atoms with Gasteiger partial charge < -0.3 is 10.2 Å². The summed E-state index contributed by atoms with van der Waals surface area (Å²) in [5.41, 5.74) is -0.134. The number of amides is 1. The van der Waals surface area contributed by atoms with E-state index in [2.05, 4.69) is 30.1 Å². The van der Waals surface area contributed by atoms with Crippen LogP contribution in [0.25, 0.3) is 0 Å². The number of nitrogens with zero attached hydrogens (tertiary/aromatic N) is 2. The highest BCUT2D eigenvalue weighted by Gasteiger charge is 2.43. The van der Waals surface area contributed by atoms with Gasteiger partial charge in [-0.25, -0.2) is 0 Å². The first-order valence-electron chi connectivity index (χ1n) is 7.00. The van der Waals surface area contributed by atoms with Crippen molar-refractivity contribution in [1.29, 1.82) is 5.26 Å². The number of nitrogens with one attached hydrogen (secondary N) is 1. The Morgan fingerprint density at radius 3 is 2.67 bits per heavy atom. The summed E-state index contributed by atoms with van der Waals surface area (Å²) in [6.07, 6.45) is 6.25. The zero-order chi connectivity index (χ0) is 13.2. The van der Waals surface area contributed by atoms with Gasteiger partial charge in [0.2, 0.25) is 5.91 Å². The first-order chi connectivity index (χ1) is 8.56. The zero-order valence-electron chi connectivity index (χ0n) is 11.4. The molecule has 1 atom stereocenters. The SMILES string of the molecule is CC1(C)CNC(CC#N)C(=O)N1C1CCCCC1. The lowest BCUT2D eigenvalue weighted by molar-refractivity contribution is -0.147. The standard InChI is InChI=1S/C14H23N3O/c1-14(2)10-16-12(8-9-15)13(18)17(14)11-6-4-3-5-7-11/h11-12,16H,3-8,10H2,1-2H3. The molecule has 1 N–H and O–H groups in total. The fourth-order valence-corrected chi connectivity index (χ4v) is 3.28. The molecule has 4 heteroatoms. The van der Waals surface area contributed by atoms with Crippen LogP contribution in [-0.4, -0.2) is 35.0 Å². The van der Waals surface area contributed by atoms with E-state index in [-0.39, 0.29) is 23.9 Å². The van der Waals surface area contributed by atoms with Crippen molar-refractivity contribution < 1.29 is 4.79 Å². The van der Waals surface area contributed by atoms with Crippen LogP contribution in [0.2, 0.25) is 0 Å². The molecule has 1 aliphatic carbocycles. The van der Waals surface area contributed by atoms with E-state index in [1.807, 2.05) is 0 Å². The van der Waals surface area contributed by atoms with Crippen LogP contribution in [0.1, 0.15) is 52.4 Å². The minimum atomic E-state index is -0.301. The lowest BCUT2D eigenvalue weighted by Crippen LogP contribution is -2.67. The Bertz CT molecular complexity index is 353. The highest BCUT2D eigenvalue weighted by atomic mass is 16.2. The van der Waals surface area contributed by atoms with Gasteiger partial charge >= 0.3 is 0 Å². The Labute approximate surface area is 109 Å². The molecule has 100 valence electrons. The van der Waals surface area contributed by atoms with E-state index < -0.39 is 0 Å². The van der Waals surface area contributed by atoms with E-state index in [1.54, 1.807) is 0 Å². The van der Waals surface area contributed by atoms with Gasteiger partial charge in [0.1, 0.15) is 6.04 Å². The molecular formula is C14H23N3O. The van der Waals surface area contributed by atoms with Gasteiger partial charge in [-0.1, -0.05) is 19.3 Å². The molecule has 1 aliphatic heterocycles. The van der Waals surface area contributed by atoms with Crippen molar-refractivity contribution >= 4 is 5.91 Å². The topological polar surface area (TPSA) is 56.1 Å². The highest BCUT2D eigenvalue weighted by Crippen LogP contribution is 2.31. The first kappa shape index (κ1) is 13.4. The molecule has 0 spiro atoms. The van der Waals surface area contributed by atoms with Crippen molar-refractivity contribution in [2.45, 2.75) is 70.0 Å². The number of rotatable bonds is 2. The molecule has 0 aromatic heterocycles. The van der Waals surface area contributed by atoms with E-state index in [0.29, 0.717) is 6.04 Å². The van der Waals surface area contributed by atoms with Crippen LogP contribution in [0.4, 0.5) is 0 Å². The quantitative estimate of drug-likeness (QED) is 0.812. The monoisotopic (exact) mass is 249 g/mol. The normalized spacial score (nSPS) is 29.1. The maximum atomic E-state index is 12.5. The third-order valence-electron chi connectivity index (χ3n) is 4.20. The molecule has 0 aromatic rings. The van der Waals surface area contributed by atoms with Gasteiger partial charge in [0.05, 0.1) is 18.0 Å². The van der Waals surface area contributed by atoms with Crippen molar-refractivity contribution in [3.05, 3.63) is 0 Å². The molecule has 4 nitrogen and oxygen atoms in total. The molecule has 1 unspecified atom stereocenters. The fourth-order valence-electron chi connectivity index (χ4n) is 3.28. The van der Waals surface area contributed by atoms with Gasteiger partial charge in [0.15, 0.2) is 0 Å². The predicted molar refractivity (Wildman–Crippen MR) is 69.8 cm³/mol. The Balaban J connectivity index is 2.16. The van der Waals surface area contributed by atoms with Crippen LogP contribution in [0, 0.1) is 11.3 Å². The van der Waals surface area contributed by atoms with Crippen molar-refractivity contribution in [1.82, 2.24) is 10.2 Å². The molecule has 0 radical (unpaired) electrons. The van der Waals surface area contributed by atoms with Crippen LogP contribution >= 0.6 is 0 Å². The van der Waals surface area contributed by atoms with Gasteiger partial charge in [-0.2, -0.15) is 5.26 Å². The van der Waals surface area contributed by atoms with E-state index in [9.17, 15) is 4.79 Å². The van der Waals surface area contributed by atoms with Gasteiger partial charge in [0, 0.05) is 12.6 Å². The number of carbonyl (C=O) groups excluding carboxylic acids is 1. The third kappa shape index (κ3) is 2.51. The average molecular weight is 249 g/mol. The summed E-state index contributed by atoms with van der Waals surface area (Å²) in [4.78, 5) is 14.6. The smallest absolute Gasteiger partial charge is 0.241 e. The Kier molecular flexibility index (Phi) is 3.91. The number of piperazine rings is 1. The summed E-state index contributed by atoms with van der Waals surface area (Å²) in [6.45, 7) is 5.02. The van der Waals surface area contributed by atoms with E-state index in [1.165, 1.54) is 19.3 Å². The average Bonchev–Trinajstić information content (AvgIpc) is 2.34. The van der Waals surface area contributed by atoms with Crippen molar-refractivity contribution in [3.8, 4) is 6.07 Å². The first-order valence-corrected chi connectivity index (χ1v) is 7.00. The number of carbonyl (C=O) groups is 1. The lowest BCUT2D eigenvalue weighted by Gasteiger charge is -2.50. The number of hydrogen-bond acceptors (Lipinski definition) is 3. The molecular weight excluding hydrogens is 226 g/mol. The summed E-state index contributed by atoms with van der Waals surface area (Å²) in [5, 5.41) is 12.0. The van der Waals surface area contributed by atoms with Crippen LogP contribution in [0.5, 0.6) is 0 Å². The largest absolute Gasteiger partial charge is 0.332 e. The Hall–Kier alpha value is -1.08. The summed E-state index contributed by atoms with van der Waals surface area (Å²) >= 11 is 0. The second-order valence-corrected chi connectivity index (χ2v) is 6.11. The molecule has 1 amide bonds. The number of nitriles is 1. The second-order valence-electron chi connectivity index (χ2n) is 6.11. The lowest BCUT2D eigenvalue weighted by atomic mass is 9.87. The molecule has 2 fully saturated rings. The zero-order valence-corrected chi connectivity index (χ0v) is 11.4. The van der Waals surface area contributed by atoms with Crippen LogP contribution < -0.4 is 5.32 Å². The molecule has 18 heavy (non-hydrogen) atoms. The minimum absolute atomic E-state index is 0.125. The molecule has 2 rings (SSSR count). The van der Waals surface area contributed by atoms with Crippen molar-refractivity contribution in [2.75, 3.05) is 6.54 Å². The van der Waals surface area contributed by atoms with Gasteiger partial charge in [-0.05, 0) is 26.7 Å². The van der Waals surface area contributed by atoms with E-state index in [0.717, 1.165) is 19.4 Å². The highest BCUT2D eigenvalue weighted by molar-refractivity contribution is 5.84. The van der Waals surface area contributed by atoms with E-state index >= 15 is 0 Å². The van der Waals surface area contributed by atoms with Gasteiger partial charge in [0.25, 0.3) is 0 Å². The summed E-state index contributed by atoms with van der Waals surface area (Å²) in [6, 6.07) is 2.19. The van der Waals surface area contributed by atoms with Gasteiger partial charge in [-0.15, -0.1) is 0 Å². The van der Waals surface area contributed by atoms with Gasteiger partial charge in [-0.3, -0.25) is 4.79 Å². The number of hydrogen-bond donors (Lipinski definition) is 1. The predicted octanol–water partition coefficient (Wildman–Crippen LogP) is 1.81.